The molecule has 52 heavy (non-hydrogen) atoms. The molecule has 2 heterocycles. The summed E-state index contributed by atoms with van der Waals surface area (Å²) in [6, 6.07) is 18.1. The Morgan fingerprint density at radius 2 is 1.60 bits per heavy atom. The van der Waals surface area contributed by atoms with Crippen LogP contribution >= 0.6 is 0 Å². The van der Waals surface area contributed by atoms with E-state index in [4.69, 9.17) is 35.3 Å². The van der Waals surface area contributed by atoms with Crippen LogP contribution in [0.2, 0.25) is 0 Å². The number of halogens is 7. The number of rotatable bonds is 9. The summed E-state index contributed by atoms with van der Waals surface area (Å²) in [4.78, 5) is 30.0. The molecule has 3 aromatic carbocycles. The van der Waals surface area contributed by atoms with Gasteiger partial charge < -0.3 is 36.1 Å². The van der Waals surface area contributed by atoms with Gasteiger partial charge in [0.1, 0.15) is 17.7 Å². The van der Waals surface area contributed by atoms with Crippen LogP contribution in [0.5, 0.6) is 5.75 Å². The number of aryl methyl sites for hydroxylation is 1. The molecule has 5 rings (SSSR count). The number of alkyl halides is 6. The van der Waals surface area contributed by atoms with E-state index in [0.717, 1.165) is 39.6 Å². The maximum atomic E-state index is 15.9. The quantitative estimate of drug-likeness (QED) is 0.0841. The molecule has 278 valence electrons. The second kappa shape index (κ2) is 17.3. The fourth-order valence-electron chi connectivity index (χ4n) is 4.57. The molecule has 0 radical (unpaired) electrons. The molecule has 7 N–H and O–H groups in total. The van der Waals surface area contributed by atoms with Gasteiger partial charge in [-0.1, -0.05) is 31.2 Å². The van der Waals surface area contributed by atoms with E-state index in [9.17, 15) is 31.4 Å². The SMILES string of the molecule is CCOc1cc(CC)cc(C(Nc2ccc3c(N)nccc3c2)c2nc(-c3cccc(CO)c3)c[nH]2)c1F.O=C(O)C(F)(F)F.O=C(O)C(F)(F)F. The van der Waals surface area contributed by atoms with Crippen molar-refractivity contribution in [2.24, 2.45) is 0 Å². The Labute approximate surface area is 290 Å². The molecule has 0 saturated heterocycles. The van der Waals surface area contributed by atoms with Gasteiger partial charge in [-0.15, -0.1) is 0 Å². The van der Waals surface area contributed by atoms with Crippen molar-refractivity contribution in [2.45, 2.75) is 45.3 Å². The van der Waals surface area contributed by atoms with E-state index in [0.29, 0.717) is 29.5 Å². The number of nitrogens with zero attached hydrogens (tertiary/aromatic N) is 2. The highest BCUT2D eigenvalue weighted by Gasteiger charge is 2.39. The third-order valence-electron chi connectivity index (χ3n) is 7.01. The lowest BCUT2D eigenvalue weighted by Gasteiger charge is -2.22. The molecule has 2 aromatic heterocycles. The fourth-order valence-corrected chi connectivity index (χ4v) is 4.57. The number of nitrogen functional groups attached to an aromatic ring is 1. The minimum Gasteiger partial charge on any atom is -0.491 e. The number of aliphatic carboxylic acids is 2. The summed E-state index contributed by atoms with van der Waals surface area (Å²) >= 11 is 0. The second-order valence-electron chi connectivity index (χ2n) is 10.6. The van der Waals surface area contributed by atoms with Crippen LogP contribution in [-0.2, 0) is 22.6 Å². The highest BCUT2D eigenvalue weighted by molar-refractivity contribution is 5.93. The number of benzene rings is 3. The van der Waals surface area contributed by atoms with Crippen molar-refractivity contribution in [1.29, 1.82) is 0 Å². The predicted molar refractivity (Wildman–Crippen MR) is 176 cm³/mol. The minimum atomic E-state index is -5.08. The van der Waals surface area contributed by atoms with Crippen LogP contribution < -0.4 is 15.8 Å². The molecule has 0 aliphatic rings. The van der Waals surface area contributed by atoms with Gasteiger partial charge in [0, 0.05) is 34.6 Å². The number of carboxylic acid groups (broad SMARTS) is 2. The van der Waals surface area contributed by atoms with Crippen LogP contribution in [0.4, 0.5) is 42.2 Å². The number of carboxylic acids is 2. The Kier molecular flexibility index (Phi) is 13.5. The normalized spacial score (nSPS) is 11.8. The lowest BCUT2D eigenvalue weighted by Crippen LogP contribution is -2.21. The molecule has 0 aliphatic carbocycles. The maximum absolute atomic E-state index is 15.9. The molecule has 0 bridgehead atoms. The van der Waals surface area contributed by atoms with Crippen LogP contribution in [0, 0.1) is 5.82 Å². The molecule has 0 aliphatic heterocycles. The first-order valence-corrected chi connectivity index (χ1v) is 15.1. The van der Waals surface area contributed by atoms with Crippen LogP contribution in [-0.4, -0.2) is 61.2 Å². The van der Waals surface area contributed by atoms with Gasteiger partial charge in [-0.25, -0.2) is 23.9 Å². The average molecular weight is 740 g/mol. The van der Waals surface area contributed by atoms with E-state index >= 15 is 4.39 Å². The molecule has 0 fully saturated rings. The number of fused-ring (bicyclic) bond motifs is 1. The molecule has 11 nitrogen and oxygen atoms in total. The fraction of sp³-hybridized carbons (Fsp3) is 0.235. The number of aromatic nitrogens is 3. The number of hydrogen-bond donors (Lipinski definition) is 6. The summed E-state index contributed by atoms with van der Waals surface area (Å²) in [5, 5.41) is 29.0. The van der Waals surface area contributed by atoms with Gasteiger partial charge in [-0.2, -0.15) is 26.3 Å². The molecular formula is C34H32F7N5O6. The summed E-state index contributed by atoms with van der Waals surface area (Å²) in [6.07, 6.45) is -5.99. The summed E-state index contributed by atoms with van der Waals surface area (Å²) in [5.41, 5.74) is 10.5. The van der Waals surface area contributed by atoms with E-state index in [1.165, 1.54) is 0 Å². The summed E-state index contributed by atoms with van der Waals surface area (Å²) < 4.78 is 85.0. The lowest BCUT2D eigenvalue weighted by molar-refractivity contribution is -0.193. The zero-order chi connectivity index (χ0) is 38.8. The predicted octanol–water partition coefficient (Wildman–Crippen LogP) is 7.27. The van der Waals surface area contributed by atoms with E-state index < -0.39 is 36.2 Å². The van der Waals surface area contributed by atoms with Crippen LogP contribution in [0.1, 0.15) is 42.4 Å². The van der Waals surface area contributed by atoms with Crippen LogP contribution in [0.3, 0.4) is 0 Å². The average Bonchev–Trinajstić information content (AvgIpc) is 3.58. The maximum Gasteiger partial charge on any atom is 0.490 e. The number of anilines is 2. The Morgan fingerprint density at radius 3 is 2.17 bits per heavy atom. The summed E-state index contributed by atoms with van der Waals surface area (Å²) in [6.45, 7) is 4.15. The van der Waals surface area contributed by atoms with Crippen molar-refractivity contribution in [1.82, 2.24) is 15.0 Å². The number of nitrogens with one attached hydrogen (secondary N) is 2. The van der Waals surface area contributed by atoms with Crippen molar-refractivity contribution < 1.29 is 60.4 Å². The number of carbonyl (C=O) groups is 2. The molecule has 0 amide bonds. The highest BCUT2D eigenvalue weighted by atomic mass is 19.4. The van der Waals surface area contributed by atoms with Crippen LogP contribution in [0.25, 0.3) is 22.0 Å². The van der Waals surface area contributed by atoms with Crippen molar-refractivity contribution >= 4 is 34.2 Å². The Bertz CT molecular complexity index is 1980. The highest BCUT2D eigenvalue weighted by Crippen LogP contribution is 2.35. The monoisotopic (exact) mass is 739 g/mol. The molecule has 18 heteroatoms. The molecule has 0 saturated carbocycles. The number of aliphatic hydroxyl groups is 1. The Morgan fingerprint density at radius 1 is 0.942 bits per heavy atom. The van der Waals surface area contributed by atoms with Gasteiger partial charge in [-0.05, 0) is 66.3 Å². The van der Waals surface area contributed by atoms with E-state index in [2.05, 4.69) is 15.3 Å². The third-order valence-corrected chi connectivity index (χ3v) is 7.01. The lowest BCUT2D eigenvalue weighted by atomic mass is 9.99. The van der Waals surface area contributed by atoms with Gasteiger partial charge in [0.25, 0.3) is 0 Å². The topological polar surface area (TPSA) is 184 Å². The minimum absolute atomic E-state index is 0.0630. The first-order valence-electron chi connectivity index (χ1n) is 15.1. The Hall–Kier alpha value is -5.91. The molecule has 5 aromatic rings. The van der Waals surface area contributed by atoms with Gasteiger partial charge in [0.05, 0.1) is 18.9 Å². The smallest absolute Gasteiger partial charge is 0.490 e. The van der Waals surface area contributed by atoms with Gasteiger partial charge in [0.2, 0.25) is 0 Å². The summed E-state index contributed by atoms with van der Waals surface area (Å²) in [5.74, 6) is -4.74. The second-order valence-corrected chi connectivity index (χ2v) is 10.6. The van der Waals surface area contributed by atoms with Gasteiger partial charge in [-0.3, -0.25) is 0 Å². The standard InChI is InChI=1S/C30H30FN5O2.2C2HF3O2/c1-3-18-13-24(27(31)26(14-18)38-4-2)28(35-22-8-9-23-20(15-22)10-11-33-29(23)32)30-34-16-25(36-30)21-7-5-6-19(12-21)17-37;2*3-2(4,5)1(6)7/h5-16,28,35,37H,3-4,17H2,1-2H3,(H2,32,33)(H,34,36);2*(H,6,7). The molecule has 0 spiro atoms. The zero-order valence-electron chi connectivity index (χ0n) is 27.3. The van der Waals surface area contributed by atoms with E-state index in [-0.39, 0.29) is 12.4 Å². The van der Waals surface area contributed by atoms with Crippen molar-refractivity contribution in [2.75, 3.05) is 17.7 Å². The number of hydrogen-bond acceptors (Lipinski definition) is 8. The van der Waals surface area contributed by atoms with Crippen LogP contribution in [0.15, 0.2) is 73.1 Å². The first-order chi connectivity index (χ1) is 24.4. The van der Waals surface area contributed by atoms with Gasteiger partial charge >= 0.3 is 24.3 Å². The van der Waals surface area contributed by atoms with Crippen molar-refractivity contribution in [3.8, 4) is 17.0 Å². The number of H-pyrrole nitrogens is 1. The molecular weight excluding hydrogens is 707 g/mol. The van der Waals surface area contributed by atoms with Gasteiger partial charge in [0.15, 0.2) is 11.6 Å². The van der Waals surface area contributed by atoms with Crippen molar-refractivity contribution in [3.63, 3.8) is 0 Å². The zero-order valence-corrected chi connectivity index (χ0v) is 27.3. The molecule has 1 atom stereocenters. The number of aliphatic hydroxyl groups excluding tert-OH is 1. The number of aromatic amines is 1. The van der Waals surface area contributed by atoms with E-state index in [1.807, 2.05) is 68.4 Å². The molecule has 1 unspecified atom stereocenters. The van der Waals surface area contributed by atoms with Crippen molar-refractivity contribution in [3.05, 3.63) is 101 Å². The number of pyridine rings is 1. The third kappa shape index (κ3) is 10.8. The summed E-state index contributed by atoms with van der Waals surface area (Å²) in [7, 11) is 0. The largest absolute Gasteiger partial charge is 0.491 e. The number of nitrogens with two attached hydrogens (primary N) is 1. The van der Waals surface area contributed by atoms with E-state index in [1.54, 1.807) is 18.5 Å². The first kappa shape index (κ1) is 40.5. The number of imidazole rings is 1. The number of ether oxygens (including phenoxy) is 1. The Balaban J connectivity index is 0.000000441.